The molecule has 1 aliphatic rings. The molecule has 0 bridgehead atoms. The molecule has 6 atom stereocenters. The van der Waals surface area contributed by atoms with Crippen LogP contribution in [0.4, 0.5) is 0 Å². The molecule has 24 heavy (non-hydrogen) atoms. The second kappa shape index (κ2) is 7.30. The second-order valence-corrected chi connectivity index (χ2v) is 8.01. The van der Waals surface area contributed by atoms with Gasteiger partial charge in [-0.25, -0.2) is 13.3 Å². The first-order valence-corrected chi connectivity index (χ1v) is 10.1. The molecular weight excluding hydrogens is 406 g/mol. The van der Waals surface area contributed by atoms with E-state index in [0.717, 1.165) is 0 Å². The van der Waals surface area contributed by atoms with Crippen molar-refractivity contribution in [2.75, 3.05) is 0 Å². The number of hydrogen-bond donors (Lipinski definition) is 8. The largest absolute Gasteiger partial charge is 0.470 e. The number of phosphoric acid groups is 2. The zero-order valence-electron chi connectivity index (χ0n) is 11.2. The van der Waals surface area contributed by atoms with Gasteiger partial charge in [0.25, 0.3) is 0 Å². The smallest absolute Gasteiger partial charge is 0.387 e. The Bertz CT molecular complexity index is 634. The van der Waals surface area contributed by atoms with Crippen LogP contribution in [0.2, 0.25) is 0 Å². The SMILES string of the molecule is O=P(O)(O)O[C@@H]1[C@H](O)[C@H](O)[C@@H](OP(=O)(O)O)[C@H](OS(=O)(=O)O)[C@H]1O. The molecule has 1 aliphatic carbocycles. The molecule has 1 fully saturated rings. The van der Waals surface area contributed by atoms with Crippen LogP contribution in [0.25, 0.3) is 0 Å². The molecule has 0 unspecified atom stereocenters. The molecule has 0 aliphatic heterocycles. The van der Waals surface area contributed by atoms with Crippen molar-refractivity contribution >= 4 is 26.0 Å². The molecule has 0 aromatic heterocycles. The predicted molar refractivity (Wildman–Crippen MR) is 68.3 cm³/mol. The minimum absolute atomic E-state index is 2.36. The van der Waals surface area contributed by atoms with Crippen molar-refractivity contribution in [3.63, 3.8) is 0 Å². The van der Waals surface area contributed by atoms with Gasteiger partial charge in [-0.05, 0) is 0 Å². The molecule has 8 N–H and O–H groups in total. The lowest BCUT2D eigenvalue weighted by Crippen LogP contribution is -2.65. The van der Waals surface area contributed by atoms with Crippen molar-refractivity contribution in [3.8, 4) is 0 Å². The van der Waals surface area contributed by atoms with E-state index in [1.807, 2.05) is 0 Å². The van der Waals surface area contributed by atoms with Gasteiger partial charge >= 0.3 is 26.0 Å². The van der Waals surface area contributed by atoms with Crippen molar-refractivity contribution in [1.29, 1.82) is 0 Å². The highest BCUT2D eigenvalue weighted by Gasteiger charge is 2.56. The highest BCUT2D eigenvalue weighted by atomic mass is 32.3. The Labute approximate surface area is 133 Å². The van der Waals surface area contributed by atoms with Gasteiger partial charge in [0.15, 0.2) is 0 Å². The lowest BCUT2D eigenvalue weighted by Gasteiger charge is -2.43. The van der Waals surface area contributed by atoms with Crippen molar-refractivity contribution in [1.82, 2.24) is 0 Å². The Morgan fingerprint density at radius 3 is 1.46 bits per heavy atom. The van der Waals surface area contributed by atoms with Crippen molar-refractivity contribution in [2.45, 2.75) is 36.6 Å². The summed E-state index contributed by atoms with van der Waals surface area (Å²) < 4.78 is 63.8. The molecule has 0 heterocycles. The van der Waals surface area contributed by atoms with Crippen LogP contribution in [0, 0.1) is 0 Å². The minimum Gasteiger partial charge on any atom is -0.387 e. The number of aliphatic hydroxyl groups excluding tert-OH is 3. The van der Waals surface area contributed by atoms with Gasteiger partial charge in [-0.3, -0.25) is 13.6 Å². The first kappa shape index (κ1) is 22.0. The topological polar surface area (TPSA) is 258 Å². The first-order chi connectivity index (χ1) is 10.5. The van der Waals surface area contributed by atoms with Gasteiger partial charge in [0.05, 0.1) is 0 Å². The van der Waals surface area contributed by atoms with E-state index in [-0.39, 0.29) is 0 Å². The van der Waals surface area contributed by atoms with E-state index in [2.05, 4.69) is 13.2 Å². The fourth-order valence-corrected chi connectivity index (χ4v) is 3.62. The Morgan fingerprint density at radius 2 is 1.08 bits per heavy atom. The molecule has 0 aromatic rings. The van der Waals surface area contributed by atoms with Gasteiger partial charge in [-0.1, -0.05) is 0 Å². The molecule has 0 radical (unpaired) electrons. The number of rotatable bonds is 6. The van der Waals surface area contributed by atoms with Crippen molar-refractivity contribution in [2.24, 2.45) is 0 Å². The number of hydrogen-bond acceptors (Lipinski definition) is 10. The standard InChI is InChI=1S/C6H14O15P2S/c7-1-2(8)5(20-23(13,14)15)6(21-24(16,17)18)3(9)4(1)19-22(10,11)12/h1-9H,(H2,10,11,12)(H2,13,14,15)(H,16,17,18)/t1-,2+,3+,4-,5-,6-/m1/s1. The summed E-state index contributed by atoms with van der Waals surface area (Å²) in [7, 11) is -16.2. The van der Waals surface area contributed by atoms with Crippen LogP contribution < -0.4 is 0 Å². The summed E-state index contributed by atoms with van der Waals surface area (Å²) in [6.07, 6.45) is -14.6. The summed E-state index contributed by atoms with van der Waals surface area (Å²) in [5.41, 5.74) is 0. The molecule has 0 amide bonds. The molecule has 0 spiro atoms. The predicted octanol–water partition coefficient (Wildman–Crippen LogP) is -3.77. The van der Waals surface area contributed by atoms with Gasteiger partial charge in [-0.2, -0.15) is 8.42 Å². The van der Waals surface area contributed by atoms with Crippen LogP contribution >= 0.6 is 15.6 Å². The average molecular weight is 420 g/mol. The molecular formula is C6H14O15P2S. The van der Waals surface area contributed by atoms with Crippen LogP contribution in [0.3, 0.4) is 0 Å². The average Bonchev–Trinajstić information content (AvgIpc) is 2.32. The first-order valence-electron chi connectivity index (χ1n) is 5.69. The van der Waals surface area contributed by atoms with Crippen LogP contribution in [0.5, 0.6) is 0 Å². The fraction of sp³-hybridized carbons (Fsp3) is 1.00. The molecule has 144 valence electrons. The Hall–Kier alpha value is -0.0300. The lowest BCUT2D eigenvalue weighted by atomic mass is 9.85. The maximum atomic E-state index is 10.9. The summed E-state index contributed by atoms with van der Waals surface area (Å²) in [4.78, 5) is 34.8. The van der Waals surface area contributed by atoms with Gasteiger partial charge in [0.2, 0.25) is 0 Å². The van der Waals surface area contributed by atoms with Gasteiger partial charge < -0.3 is 34.9 Å². The van der Waals surface area contributed by atoms with Crippen molar-refractivity contribution in [3.05, 3.63) is 0 Å². The molecule has 0 aromatic carbocycles. The van der Waals surface area contributed by atoms with E-state index in [0.29, 0.717) is 0 Å². The summed E-state index contributed by atoms with van der Waals surface area (Å²) in [5, 5.41) is 29.2. The number of phosphoric ester groups is 2. The third-order valence-corrected chi connectivity index (χ3v) is 4.27. The second-order valence-electron chi connectivity index (χ2n) is 4.58. The van der Waals surface area contributed by atoms with Crippen LogP contribution in [-0.2, 0) is 32.8 Å². The zero-order chi connectivity index (χ0) is 19.1. The Kier molecular flexibility index (Phi) is 6.70. The summed E-state index contributed by atoms with van der Waals surface area (Å²) >= 11 is 0. The third kappa shape index (κ3) is 6.36. The van der Waals surface area contributed by atoms with E-state index >= 15 is 0 Å². The van der Waals surface area contributed by atoms with Gasteiger partial charge in [0.1, 0.15) is 36.6 Å². The van der Waals surface area contributed by atoms with E-state index in [1.54, 1.807) is 0 Å². The normalized spacial score (nSPS) is 35.8. The molecule has 18 heteroatoms. The van der Waals surface area contributed by atoms with Gasteiger partial charge in [-0.15, -0.1) is 0 Å². The Balaban J connectivity index is 3.26. The molecule has 1 saturated carbocycles. The fourth-order valence-electron chi connectivity index (χ4n) is 1.98. The van der Waals surface area contributed by atoms with Gasteiger partial charge in [0, 0.05) is 0 Å². The third-order valence-electron chi connectivity index (χ3n) is 2.77. The molecule has 1 rings (SSSR count). The van der Waals surface area contributed by atoms with Crippen LogP contribution in [0.1, 0.15) is 0 Å². The van der Waals surface area contributed by atoms with E-state index in [1.165, 1.54) is 0 Å². The highest BCUT2D eigenvalue weighted by molar-refractivity contribution is 7.80. The van der Waals surface area contributed by atoms with Crippen LogP contribution in [0.15, 0.2) is 0 Å². The molecule has 0 saturated heterocycles. The summed E-state index contributed by atoms with van der Waals surface area (Å²) in [6, 6.07) is 0. The summed E-state index contributed by atoms with van der Waals surface area (Å²) in [6.45, 7) is 0. The number of aliphatic hydroxyl groups is 3. The van der Waals surface area contributed by atoms with E-state index < -0.39 is 62.7 Å². The van der Waals surface area contributed by atoms with E-state index in [4.69, 9.17) is 24.1 Å². The van der Waals surface area contributed by atoms with Crippen molar-refractivity contribution < 1.29 is 70.2 Å². The zero-order valence-corrected chi connectivity index (χ0v) is 13.8. The molecule has 15 nitrogen and oxygen atoms in total. The monoisotopic (exact) mass is 420 g/mol. The Morgan fingerprint density at radius 1 is 0.708 bits per heavy atom. The van der Waals surface area contributed by atoms with E-state index in [9.17, 15) is 32.9 Å². The maximum absolute atomic E-state index is 10.9. The lowest BCUT2D eigenvalue weighted by molar-refractivity contribution is -0.209. The van der Waals surface area contributed by atoms with Crippen LogP contribution in [-0.4, -0.2) is 84.5 Å². The minimum atomic E-state index is -5.42. The highest BCUT2D eigenvalue weighted by Crippen LogP contribution is 2.45. The maximum Gasteiger partial charge on any atom is 0.470 e. The summed E-state index contributed by atoms with van der Waals surface area (Å²) in [5.74, 6) is 0. The quantitative estimate of drug-likeness (QED) is 0.151.